The van der Waals surface area contributed by atoms with Crippen molar-refractivity contribution in [3.8, 4) is 5.75 Å². The molecule has 4 saturated carbocycles. The van der Waals surface area contributed by atoms with Crippen molar-refractivity contribution in [3.63, 3.8) is 0 Å². The third kappa shape index (κ3) is 4.26. The first-order valence-electron chi connectivity index (χ1n) is 10.7. The number of ether oxygens (including phenoxy) is 1. The van der Waals surface area contributed by atoms with Gasteiger partial charge in [-0.2, -0.15) is 0 Å². The minimum absolute atomic E-state index is 0.0961. The molecule has 0 saturated heterocycles. The molecule has 5 rings (SSSR count). The van der Waals surface area contributed by atoms with Crippen LogP contribution in [0.4, 0.5) is 0 Å². The molecule has 0 aliphatic heterocycles. The number of carbonyl (C=O) groups is 1. The van der Waals surface area contributed by atoms with Crippen LogP contribution in [0.25, 0.3) is 0 Å². The van der Waals surface area contributed by atoms with Gasteiger partial charge in [-0.05, 0) is 79.9 Å². The van der Waals surface area contributed by atoms with Gasteiger partial charge in [0.25, 0.3) is 0 Å². The van der Waals surface area contributed by atoms with Crippen LogP contribution >= 0.6 is 23.2 Å². The SMILES string of the molecule is CC(C)(CCOc1ccc(Cl)cc1Cl)C(=O)NC1C2CC3CC1CC(CO)(C3)C2. The van der Waals surface area contributed by atoms with Crippen LogP contribution in [0.15, 0.2) is 18.2 Å². The molecule has 4 bridgehead atoms. The topological polar surface area (TPSA) is 58.6 Å². The molecule has 0 heterocycles. The van der Waals surface area contributed by atoms with Gasteiger partial charge in [-0.1, -0.05) is 37.0 Å². The fourth-order valence-electron chi connectivity index (χ4n) is 6.09. The van der Waals surface area contributed by atoms with Gasteiger partial charge in [0.15, 0.2) is 0 Å². The van der Waals surface area contributed by atoms with E-state index < -0.39 is 5.41 Å². The molecular weight excluding hydrogens is 409 g/mol. The summed E-state index contributed by atoms with van der Waals surface area (Å²) in [6.45, 7) is 4.66. The van der Waals surface area contributed by atoms with Gasteiger partial charge in [0.2, 0.25) is 5.91 Å². The molecule has 4 fully saturated rings. The molecule has 4 nitrogen and oxygen atoms in total. The minimum atomic E-state index is -0.526. The average molecular weight is 440 g/mol. The third-order valence-corrected chi connectivity index (χ3v) is 8.06. The fraction of sp³-hybridized carbons (Fsp3) is 0.696. The highest BCUT2D eigenvalue weighted by atomic mass is 35.5. The molecule has 2 N–H and O–H groups in total. The van der Waals surface area contributed by atoms with Gasteiger partial charge < -0.3 is 15.2 Å². The molecule has 4 aliphatic carbocycles. The smallest absolute Gasteiger partial charge is 0.226 e. The lowest BCUT2D eigenvalue weighted by atomic mass is 9.48. The van der Waals surface area contributed by atoms with E-state index in [-0.39, 0.29) is 17.4 Å². The van der Waals surface area contributed by atoms with Crippen LogP contribution in [-0.2, 0) is 4.79 Å². The minimum Gasteiger partial charge on any atom is -0.492 e. The Bertz CT molecular complexity index is 765. The lowest BCUT2D eigenvalue weighted by molar-refractivity contribution is -0.138. The second-order valence-corrected chi connectivity index (χ2v) is 11.0. The van der Waals surface area contributed by atoms with E-state index in [4.69, 9.17) is 27.9 Å². The van der Waals surface area contributed by atoms with Crippen LogP contribution in [0.1, 0.15) is 52.4 Å². The van der Waals surface area contributed by atoms with Crippen molar-refractivity contribution in [1.82, 2.24) is 5.32 Å². The van der Waals surface area contributed by atoms with Crippen molar-refractivity contribution < 1.29 is 14.6 Å². The van der Waals surface area contributed by atoms with Crippen molar-refractivity contribution >= 4 is 29.1 Å². The zero-order valence-electron chi connectivity index (χ0n) is 17.2. The highest BCUT2D eigenvalue weighted by Crippen LogP contribution is 2.59. The van der Waals surface area contributed by atoms with Crippen molar-refractivity contribution in [2.24, 2.45) is 28.6 Å². The van der Waals surface area contributed by atoms with E-state index in [9.17, 15) is 9.90 Å². The maximum absolute atomic E-state index is 13.1. The number of nitrogens with one attached hydrogen (secondary N) is 1. The molecule has 2 atom stereocenters. The van der Waals surface area contributed by atoms with Crippen molar-refractivity contribution in [2.45, 2.75) is 58.4 Å². The van der Waals surface area contributed by atoms with Crippen LogP contribution < -0.4 is 10.1 Å². The zero-order chi connectivity index (χ0) is 20.8. The number of aliphatic hydroxyl groups is 1. The molecule has 1 aromatic carbocycles. The summed E-state index contributed by atoms with van der Waals surface area (Å²) in [5.41, 5.74) is -0.402. The second kappa shape index (κ2) is 7.94. The predicted octanol–water partition coefficient (Wildman–Crippen LogP) is 5.09. The molecule has 0 aromatic heterocycles. The number of halogens is 2. The van der Waals surface area contributed by atoms with Crippen LogP contribution in [0, 0.1) is 28.6 Å². The number of hydrogen-bond donors (Lipinski definition) is 2. The summed E-state index contributed by atoms with van der Waals surface area (Å²) in [4.78, 5) is 13.1. The molecule has 1 aromatic rings. The van der Waals surface area contributed by atoms with E-state index in [1.807, 2.05) is 13.8 Å². The Balaban J connectivity index is 1.33. The van der Waals surface area contributed by atoms with Crippen LogP contribution in [0.2, 0.25) is 10.0 Å². The van der Waals surface area contributed by atoms with Crippen LogP contribution in [-0.4, -0.2) is 30.3 Å². The van der Waals surface area contributed by atoms with Gasteiger partial charge in [0.1, 0.15) is 5.75 Å². The number of amides is 1. The summed E-state index contributed by atoms with van der Waals surface area (Å²) in [6, 6.07) is 5.40. The second-order valence-electron chi connectivity index (χ2n) is 10.2. The largest absolute Gasteiger partial charge is 0.492 e. The number of hydrogen-bond acceptors (Lipinski definition) is 3. The Labute approximate surface area is 183 Å². The molecule has 6 heteroatoms. The Hall–Kier alpha value is -0.970. The van der Waals surface area contributed by atoms with Gasteiger partial charge in [-0.3, -0.25) is 4.79 Å². The molecule has 160 valence electrons. The number of benzene rings is 1. The lowest BCUT2D eigenvalue weighted by Crippen LogP contribution is -2.61. The standard InChI is InChI=1S/C23H31Cl2NO3/c1-22(2,5-6-29-19-4-3-17(24)9-18(19)25)21(28)26-20-15-7-14-8-16(20)12-23(10-14,11-15)13-27/h3-4,9,14-16,20,27H,5-8,10-13H2,1-2H3,(H,26,28). The zero-order valence-corrected chi connectivity index (χ0v) is 18.7. The number of rotatable bonds is 7. The summed E-state index contributed by atoms with van der Waals surface area (Å²) < 4.78 is 5.79. The Morgan fingerprint density at radius 3 is 2.55 bits per heavy atom. The fourth-order valence-corrected chi connectivity index (χ4v) is 6.55. The molecule has 1 amide bonds. The van der Waals surface area contributed by atoms with E-state index in [1.54, 1.807) is 18.2 Å². The van der Waals surface area contributed by atoms with Crippen molar-refractivity contribution in [2.75, 3.05) is 13.2 Å². The summed E-state index contributed by atoms with van der Waals surface area (Å²) in [5.74, 6) is 2.44. The van der Waals surface area contributed by atoms with Gasteiger partial charge >= 0.3 is 0 Å². The maximum Gasteiger partial charge on any atom is 0.226 e. The molecule has 2 unspecified atom stereocenters. The van der Waals surface area contributed by atoms with E-state index in [2.05, 4.69) is 5.32 Å². The van der Waals surface area contributed by atoms with E-state index in [0.29, 0.717) is 47.3 Å². The molecule has 0 radical (unpaired) electrons. The quantitative estimate of drug-likeness (QED) is 0.621. The molecule has 29 heavy (non-hydrogen) atoms. The van der Waals surface area contributed by atoms with Crippen LogP contribution in [0.5, 0.6) is 5.75 Å². The summed E-state index contributed by atoms with van der Waals surface area (Å²) in [5, 5.41) is 14.4. The van der Waals surface area contributed by atoms with Gasteiger partial charge in [0.05, 0.1) is 11.6 Å². The normalized spacial score (nSPS) is 33.0. The van der Waals surface area contributed by atoms with Crippen LogP contribution in [0.3, 0.4) is 0 Å². The summed E-state index contributed by atoms with van der Waals surface area (Å²) >= 11 is 12.1. The molecule has 4 aliphatic rings. The Kier molecular flexibility index (Phi) is 5.82. The average Bonchev–Trinajstić information content (AvgIpc) is 2.65. The first-order valence-corrected chi connectivity index (χ1v) is 11.5. The van der Waals surface area contributed by atoms with Gasteiger partial charge in [-0.15, -0.1) is 0 Å². The maximum atomic E-state index is 13.1. The summed E-state index contributed by atoms with van der Waals surface area (Å²) in [7, 11) is 0. The summed E-state index contributed by atoms with van der Waals surface area (Å²) in [6.07, 6.45) is 6.28. The molecule has 0 spiro atoms. The van der Waals surface area contributed by atoms with E-state index in [1.165, 1.54) is 19.3 Å². The number of carbonyl (C=O) groups excluding carboxylic acids is 1. The monoisotopic (exact) mass is 439 g/mol. The first kappa shape index (κ1) is 21.3. The van der Waals surface area contributed by atoms with Crippen molar-refractivity contribution in [3.05, 3.63) is 28.2 Å². The molecular formula is C23H31Cl2NO3. The lowest BCUT2D eigenvalue weighted by Gasteiger charge is -2.59. The Morgan fingerprint density at radius 1 is 1.24 bits per heavy atom. The first-order chi connectivity index (χ1) is 13.7. The van der Waals surface area contributed by atoms with Crippen molar-refractivity contribution in [1.29, 1.82) is 0 Å². The van der Waals surface area contributed by atoms with E-state index >= 15 is 0 Å². The highest BCUT2D eigenvalue weighted by molar-refractivity contribution is 6.35. The highest BCUT2D eigenvalue weighted by Gasteiger charge is 2.55. The Morgan fingerprint density at radius 2 is 1.93 bits per heavy atom. The number of aliphatic hydroxyl groups excluding tert-OH is 1. The van der Waals surface area contributed by atoms with E-state index in [0.717, 1.165) is 18.8 Å². The third-order valence-electron chi connectivity index (χ3n) is 7.53. The van der Waals surface area contributed by atoms with Gasteiger partial charge in [-0.25, -0.2) is 0 Å². The predicted molar refractivity (Wildman–Crippen MR) is 115 cm³/mol. The van der Waals surface area contributed by atoms with Gasteiger partial charge in [0, 0.05) is 23.1 Å².